The molecule has 32 heavy (non-hydrogen) atoms. The minimum atomic E-state index is -0.883. The smallest absolute Gasteiger partial charge is 0.254 e. The maximum atomic E-state index is 13.3. The van der Waals surface area contributed by atoms with Crippen molar-refractivity contribution in [1.82, 2.24) is 9.80 Å². The minimum absolute atomic E-state index is 0. The van der Waals surface area contributed by atoms with Crippen LogP contribution in [0.25, 0.3) is 0 Å². The van der Waals surface area contributed by atoms with Crippen molar-refractivity contribution in [2.45, 2.75) is 24.9 Å². The SMILES string of the molecule is Cl.O=C1c2ccccc2CN1CC1CCN(CC(=O)C2(c3ccccc3)C=CC=N2)CC1. The summed E-state index contributed by atoms with van der Waals surface area (Å²) in [6, 6.07) is 17.7. The summed E-state index contributed by atoms with van der Waals surface area (Å²) in [4.78, 5) is 34.7. The molecule has 0 radical (unpaired) electrons. The lowest BCUT2D eigenvalue weighted by Gasteiger charge is -2.35. The van der Waals surface area contributed by atoms with Gasteiger partial charge in [0.15, 0.2) is 11.3 Å². The van der Waals surface area contributed by atoms with Crippen LogP contribution in [0.5, 0.6) is 0 Å². The summed E-state index contributed by atoms with van der Waals surface area (Å²) in [6.07, 6.45) is 7.51. The van der Waals surface area contributed by atoms with Gasteiger partial charge in [0.05, 0.1) is 6.54 Å². The second-order valence-electron chi connectivity index (χ2n) is 8.76. The molecule has 2 aromatic carbocycles. The first kappa shape index (κ1) is 22.4. The number of carbonyl (C=O) groups excluding carboxylic acids is 2. The molecule has 2 aromatic rings. The highest BCUT2D eigenvalue weighted by molar-refractivity contribution is 5.98. The average molecular weight is 450 g/mol. The van der Waals surface area contributed by atoms with Gasteiger partial charge in [0.2, 0.25) is 0 Å². The molecule has 0 aromatic heterocycles. The molecule has 6 heteroatoms. The molecule has 1 atom stereocenters. The van der Waals surface area contributed by atoms with Gasteiger partial charge in [0.1, 0.15) is 0 Å². The maximum absolute atomic E-state index is 13.3. The monoisotopic (exact) mass is 449 g/mol. The van der Waals surface area contributed by atoms with Crippen molar-refractivity contribution in [1.29, 1.82) is 0 Å². The van der Waals surface area contributed by atoms with E-state index >= 15 is 0 Å². The number of amides is 1. The number of allylic oxidation sites excluding steroid dienone is 1. The number of fused-ring (bicyclic) bond motifs is 1. The zero-order chi connectivity index (χ0) is 21.3. The Hall–Kier alpha value is -2.76. The molecule has 1 fully saturated rings. The lowest BCUT2D eigenvalue weighted by Crippen LogP contribution is -2.44. The van der Waals surface area contributed by atoms with Gasteiger partial charge < -0.3 is 4.90 Å². The molecule has 5 rings (SSSR count). The van der Waals surface area contributed by atoms with Gasteiger partial charge in [-0.2, -0.15) is 0 Å². The molecule has 3 heterocycles. The van der Waals surface area contributed by atoms with E-state index in [2.05, 4.69) is 9.89 Å². The Morgan fingerprint density at radius 3 is 2.44 bits per heavy atom. The van der Waals surface area contributed by atoms with E-state index in [4.69, 9.17) is 0 Å². The summed E-state index contributed by atoms with van der Waals surface area (Å²) in [7, 11) is 0. The zero-order valence-corrected chi connectivity index (χ0v) is 18.8. The molecular weight excluding hydrogens is 422 g/mol. The van der Waals surface area contributed by atoms with Crippen molar-refractivity contribution in [3.05, 3.63) is 83.4 Å². The first-order valence-corrected chi connectivity index (χ1v) is 11.1. The first-order valence-electron chi connectivity index (χ1n) is 11.1. The van der Waals surface area contributed by atoms with E-state index in [0.717, 1.165) is 55.7 Å². The van der Waals surface area contributed by atoms with E-state index in [9.17, 15) is 9.59 Å². The molecular formula is C26H28ClN3O2. The van der Waals surface area contributed by atoms with Crippen LogP contribution in [0.4, 0.5) is 0 Å². The lowest BCUT2D eigenvalue weighted by atomic mass is 9.86. The molecule has 0 saturated carbocycles. The number of hydrogen-bond donors (Lipinski definition) is 0. The molecule has 3 aliphatic rings. The standard InChI is InChI=1S/C26H27N3O2.ClH/c30-24(26(13-6-14-27-26)22-8-2-1-3-9-22)19-28-15-11-20(12-16-28)17-29-18-21-7-4-5-10-23(21)25(29)31;/h1-10,13-14,20H,11-12,15-19H2;1H. The van der Waals surface area contributed by atoms with Crippen molar-refractivity contribution >= 4 is 30.3 Å². The summed E-state index contributed by atoms with van der Waals surface area (Å²) >= 11 is 0. The summed E-state index contributed by atoms with van der Waals surface area (Å²) in [5.41, 5.74) is 2.02. The van der Waals surface area contributed by atoms with E-state index in [1.807, 2.05) is 71.6 Å². The number of piperidine rings is 1. The number of carbonyl (C=O) groups is 2. The number of hydrogen-bond acceptors (Lipinski definition) is 4. The van der Waals surface area contributed by atoms with Crippen LogP contribution >= 0.6 is 12.4 Å². The van der Waals surface area contributed by atoms with Crippen LogP contribution in [-0.2, 0) is 16.9 Å². The Labute approximate surface area is 195 Å². The molecule has 0 bridgehead atoms. The van der Waals surface area contributed by atoms with Gasteiger partial charge >= 0.3 is 0 Å². The Bertz CT molecular complexity index is 1030. The van der Waals surface area contributed by atoms with Crippen molar-refractivity contribution in [2.75, 3.05) is 26.2 Å². The zero-order valence-electron chi connectivity index (χ0n) is 18.0. The molecule has 3 aliphatic heterocycles. The number of aliphatic imine (C=N–C) groups is 1. The molecule has 5 nitrogen and oxygen atoms in total. The molecule has 0 N–H and O–H groups in total. The van der Waals surface area contributed by atoms with Crippen molar-refractivity contribution in [3.8, 4) is 0 Å². The number of nitrogens with zero attached hydrogens (tertiary/aromatic N) is 3. The highest BCUT2D eigenvalue weighted by atomic mass is 35.5. The fourth-order valence-electron chi connectivity index (χ4n) is 5.00. The second kappa shape index (κ2) is 9.39. The third-order valence-corrected chi connectivity index (χ3v) is 6.79. The third-order valence-electron chi connectivity index (χ3n) is 6.79. The Balaban J connectivity index is 0.00000245. The topological polar surface area (TPSA) is 53.0 Å². The predicted octanol–water partition coefficient (Wildman–Crippen LogP) is 3.88. The predicted molar refractivity (Wildman–Crippen MR) is 128 cm³/mol. The summed E-state index contributed by atoms with van der Waals surface area (Å²) < 4.78 is 0. The largest absolute Gasteiger partial charge is 0.334 e. The molecule has 1 amide bonds. The van der Waals surface area contributed by atoms with Gasteiger partial charge in [-0.05, 0) is 61.2 Å². The molecule has 166 valence electrons. The highest BCUT2D eigenvalue weighted by Crippen LogP contribution is 2.32. The Morgan fingerprint density at radius 1 is 1.03 bits per heavy atom. The minimum Gasteiger partial charge on any atom is -0.334 e. The van der Waals surface area contributed by atoms with Crippen LogP contribution < -0.4 is 0 Å². The number of ketones is 1. The molecule has 1 saturated heterocycles. The molecule has 0 aliphatic carbocycles. The van der Waals surface area contributed by atoms with Crippen LogP contribution in [0.1, 0.15) is 34.3 Å². The van der Waals surface area contributed by atoms with E-state index in [1.165, 1.54) is 0 Å². The van der Waals surface area contributed by atoms with Crippen LogP contribution in [0.3, 0.4) is 0 Å². The van der Waals surface area contributed by atoms with E-state index in [1.54, 1.807) is 6.21 Å². The number of Topliss-reactive ketones (excluding diaryl/α,β-unsaturated/α-hetero) is 1. The van der Waals surface area contributed by atoms with Gasteiger partial charge in [-0.3, -0.25) is 19.5 Å². The maximum Gasteiger partial charge on any atom is 0.254 e. The second-order valence-corrected chi connectivity index (χ2v) is 8.76. The summed E-state index contributed by atoms with van der Waals surface area (Å²) in [6.45, 7) is 3.68. The van der Waals surface area contributed by atoms with E-state index < -0.39 is 5.54 Å². The van der Waals surface area contributed by atoms with Gasteiger partial charge in [-0.25, -0.2) is 0 Å². The molecule has 1 unspecified atom stereocenters. The van der Waals surface area contributed by atoms with Crippen LogP contribution in [-0.4, -0.2) is 53.9 Å². The lowest BCUT2D eigenvalue weighted by molar-refractivity contribution is -0.124. The van der Waals surface area contributed by atoms with Gasteiger partial charge in [0, 0.05) is 24.9 Å². The van der Waals surface area contributed by atoms with E-state index in [0.29, 0.717) is 12.5 Å². The van der Waals surface area contributed by atoms with Gasteiger partial charge in [0.25, 0.3) is 5.91 Å². The van der Waals surface area contributed by atoms with Crippen molar-refractivity contribution < 1.29 is 9.59 Å². The van der Waals surface area contributed by atoms with Crippen molar-refractivity contribution in [3.63, 3.8) is 0 Å². The summed E-state index contributed by atoms with van der Waals surface area (Å²) in [5, 5.41) is 0. The Morgan fingerprint density at radius 2 is 1.75 bits per heavy atom. The number of halogens is 1. The number of benzene rings is 2. The normalized spacial score (nSPS) is 22.8. The first-order chi connectivity index (χ1) is 15.2. The Kier molecular flexibility index (Phi) is 6.58. The van der Waals surface area contributed by atoms with Crippen LogP contribution in [0.15, 0.2) is 71.7 Å². The summed E-state index contributed by atoms with van der Waals surface area (Å²) in [5.74, 6) is 0.758. The van der Waals surface area contributed by atoms with E-state index in [-0.39, 0.29) is 24.1 Å². The van der Waals surface area contributed by atoms with Crippen molar-refractivity contribution in [2.24, 2.45) is 10.9 Å². The van der Waals surface area contributed by atoms with Gasteiger partial charge in [-0.1, -0.05) is 48.5 Å². The highest BCUT2D eigenvalue weighted by Gasteiger charge is 2.39. The van der Waals surface area contributed by atoms with Gasteiger partial charge in [-0.15, -0.1) is 12.4 Å². The number of rotatable bonds is 6. The average Bonchev–Trinajstić information content (AvgIpc) is 3.42. The fourth-order valence-corrected chi connectivity index (χ4v) is 5.00. The number of likely N-dealkylation sites (tertiary alicyclic amines) is 1. The third kappa shape index (κ3) is 4.15. The fraction of sp³-hybridized carbons (Fsp3) is 0.346. The molecule has 0 spiro atoms. The van der Waals surface area contributed by atoms with Crippen LogP contribution in [0, 0.1) is 5.92 Å². The van der Waals surface area contributed by atoms with Crippen LogP contribution in [0.2, 0.25) is 0 Å². The quantitative estimate of drug-likeness (QED) is 0.672.